The van der Waals surface area contributed by atoms with Crippen molar-refractivity contribution in [3.8, 4) is 0 Å². The molecule has 83 heavy (non-hydrogen) atoms. The van der Waals surface area contributed by atoms with E-state index in [2.05, 4.69) is 92.7 Å². The summed E-state index contributed by atoms with van der Waals surface area (Å²) >= 11 is 2.46. The minimum Gasteiger partial charge on any atom is -0.633 e. The van der Waals surface area contributed by atoms with Gasteiger partial charge in [-0.25, -0.2) is 0 Å². The first-order chi connectivity index (χ1) is 39.7. The molecule has 0 spiro atoms. The number of hydrogen-bond acceptors (Lipinski definition) is 24. The van der Waals surface area contributed by atoms with E-state index >= 15 is 0 Å². The Hall–Kier alpha value is -5.42. The van der Waals surface area contributed by atoms with E-state index in [-0.39, 0.29) is 47.2 Å². The highest BCUT2D eigenvalue weighted by Gasteiger charge is 2.51. The summed E-state index contributed by atoms with van der Waals surface area (Å²) in [7, 11) is 3.83. The third-order valence-electron chi connectivity index (χ3n) is 18.4. The molecule has 0 amide bonds. The van der Waals surface area contributed by atoms with E-state index in [1.807, 2.05) is 33.9 Å². The average molecular weight is 1190 g/mol. The molecule has 0 radical (unpaired) electrons. The molecule has 17 rings (SSSR count). The zero-order valence-electron chi connectivity index (χ0n) is 48.4. The number of hydrogen-bond donors (Lipinski definition) is 0. The van der Waals surface area contributed by atoms with Crippen LogP contribution in [-0.4, -0.2) is 225 Å². The average Bonchev–Trinajstić information content (AvgIpc) is 3.90. The molecule has 0 N–H and O–H groups in total. The Morgan fingerprint density at radius 3 is 1.52 bits per heavy atom. The van der Waals surface area contributed by atoms with Crippen LogP contribution in [0.2, 0.25) is 0 Å². The number of likely N-dealkylation sites (N-methyl/N-ethyl adjacent to an activating group) is 2. The fourth-order valence-electron chi connectivity index (χ4n) is 14.0. The highest BCUT2D eigenvalue weighted by Crippen LogP contribution is 2.45. The minimum absolute atomic E-state index is 0.0425. The molecule has 9 unspecified atom stereocenters. The SMILES string of the molecule is CCc1noc(C2C[N+]3([O-])CCC2C3)n1.CN1CCC=C(c2cnsn2)C1.C[N+]1([O-])CCC=C(c2cnsn2)C1.Cc1nnn(C2C[N+]3([O-])CCC2CC3)n1.Cc1nnn([C@H]2C[N+]3([O-])CC[C@H]2C3)n1.Cc1noc(C2C[N+]3([O-])CCC2C3)n1. The van der Waals surface area contributed by atoms with Crippen molar-refractivity contribution in [2.24, 2.45) is 23.7 Å². The van der Waals surface area contributed by atoms with Crippen molar-refractivity contribution >= 4 is 34.6 Å². The summed E-state index contributed by atoms with van der Waals surface area (Å²) in [5, 5.41) is 91.6. The summed E-state index contributed by atoms with van der Waals surface area (Å²) in [5.74, 6) is 6.52. The number of fused-ring (bicyclic) bond motifs is 9. The Bertz CT molecular complexity index is 3070. The molecule has 11 aliphatic heterocycles. The largest absolute Gasteiger partial charge is 0.633 e. The van der Waals surface area contributed by atoms with Crippen LogP contribution in [0.3, 0.4) is 0 Å². The lowest BCUT2D eigenvalue weighted by Gasteiger charge is -2.54. The number of rotatable bonds is 7. The summed E-state index contributed by atoms with van der Waals surface area (Å²) in [6, 6.07) is 0.355. The van der Waals surface area contributed by atoms with Gasteiger partial charge < -0.3 is 63.2 Å². The van der Waals surface area contributed by atoms with E-state index in [1.165, 1.54) is 29.0 Å². The minimum atomic E-state index is -0.191. The molecule has 11 aliphatic rings. The van der Waals surface area contributed by atoms with Gasteiger partial charge in [-0.1, -0.05) is 29.4 Å². The molecule has 0 aliphatic carbocycles. The molecule has 9 fully saturated rings. The topological polar surface area (TPSA) is 335 Å². The van der Waals surface area contributed by atoms with Crippen molar-refractivity contribution in [3.63, 3.8) is 0 Å². The summed E-state index contributed by atoms with van der Waals surface area (Å²) < 4.78 is 26.2. The lowest BCUT2D eigenvalue weighted by Crippen LogP contribution is -2.58. The maximum Gasteiger partial charge on any atom is 0.235 e. The van der Waals surface area contributed by atoms with Gasteiger partial charge in [-0.05, 0) is 56.2 Å². The van der Waals surface area contributed by atoms with Crippen LogP contribution in [-0.2, 0) is 6.42 Å². The van der Waals surface area contributed by atoms with Gasteiger partial charge in [0, 0.05) is 81.4 Å². The molecule has 8 bridgehead atoms. The highest BCUT2D eigenvalue weighted by atomic mass is 32.1. The van der Waals surface area contributed by atoms with E-state index in [0.29, 0.717) is 92.2 Å². The Morgan fingerprint density at radius 1 is 0.578 bits per heavy atom. The monoisotopic (exact) mass is 1190 g/mol. The van der Waals surface area contributed by atoms with Crippen LogP contribution in [0, 0.1) is 70.5 Å². The van der Waals surface area contributed by atoms with Crippen molar-refractivity contribution in [2.75, 3.05) is 119 Å². The van der Waals surface area contributed by atoms with Gasteiger partial charge in [0.25, 0.3) is 0 Å². The molecule has 11 atom stereocenters. The number of aromatic nitrogens is 16. The van der Waals surface area contributed by atoms with Crippen LogP contribution >= 0.6 is 23.5 Å². The zero-order valence-corrected chi connectivity index (χ0v) is 50.0. The normalized spacial score (nSPS) is 35.2. The maximum atomic E-state index is 12.2. The third-order valence-corrected chi connectivity index (χ3v) is 19.4. The maximum absolute atomic E-state index is 12.2. The van der Waals surface area contributed by atoms with Gasteiger partial charge in [0.15, 0.2) is 23.3 Å². The van der Waals surface area contributed by atoms with Crippen molar-refractivity contribution < 1.29 is 32.3 Å². The Morgan fingerprint density at radius 2 is 1.08 bits per heavy atom. The van der Waals surface area contributed by atoms with Gasteiger partial charge in [-0.3, -0.25) is 0 Å². The fourth-order valence-corrected chi connectivity index (χ4v) is 14.9. The van der Waals surface area contributed by atoms with Gasteiger partial charge in [-0.2, -0.15) is 37.1 Å². The van der Waals surface area contributed by atoms with E-state index in [4.69, 9.17) is 9.05 Å². The highest BCUT2D eigenvalue weighted by molar-refractivity contribution is 6.99. The molecule has 17 heterocycles. The van der Waals surface area contributed by atoms with Crippen LogP contribution in [0.4, 0.5) is 0 Å². The number of tetrazole rings is 2. The predicted molar refractivity (Wildman–Crippen MR) is 303 cm³/mol. The first kappa shape index (κ1) is 59.3. The van der Waals surface area contributed by atoms with Crippen LogP contribution in [0.15, 0.2) is 33.6 Å². The second-order valence-corrected chi connectivity index (χ2v) is 26.0. The molecule has 9 saturated heterocycles. The van der Waals surface area contributed by atoms with Crippen molar-refractivity contribution in [1.29, 1.82) is 0 Å². The molecular weight excluding hydrogens is 1110 g/mol. The zero-order chi connectivity index (χ0) is 58.2. The third kappa shape index (κ3) is 14.1. The number of piperidine rings is 6. The smallest absolute Gasteiger partial charge is 0.235 e. The second kappa shape index (κ2) is 24.5. The standard InChI is InChI=1S/C10H15N3O2.C9H15N5O.C9H13N3O2.C8H13N5O.C8H11N3OS.C8H11N3S/c1-2-9-11-10(15-12-9)8-6-13(14)4-3-7(8)5-13;1-7-10-12-13(11-7)9-6-14(15)4-2-8(9)3-5-14;1-6-10-9(14-11-6)8-5-12(13)3-2-7(8)4-12;1-6-9-11-12(10-6)8-5-13(14)3-2-7(8)4-13;1-11(12)4-2-3-7(6-11)8-5-9-13-10-8;1-11-4-2-3-7(6-11)8-5-9-12-10-8/h7-8H,2-6H2,1H3;8-9H,2-6H2,1H3;2*7-8H,2-5H2,1H3;3,5H,2,4,6H2,1H3;3,5H,2,4,6H2,1H3/t;;;7-,8-,13?;;/m...0../s1. The quantitative estimate of drug-likeness (QED) is 0.156. The van der Waals surface area contributed by atoms with Crippen LogP contribution < -0.4 is 0 Å². The molecule has 0 saturated carbocycles. The lowest BCUT2D eigenvalue weighted by molar-refractivity contribution is -0.900. The van der Waals surface area contributed by atoms with Crippen LogP contribution in [0.5, 0.6) is 0 Å². The fraction of sp³-hybridized carbons (Fsp3) is 0.731. The first-order valence-electron chi connectivity index (χ1n) is 29.3. The Kier molecular flexibility index (Phi) is 17.5. The van der Waals surface area contributed by atoms with Gasteiger partial charge >= 0.3 is 0 Å². The van der Waals surface area contributed by atoms with E-state index in [0.717, 1.165) is 140 Å². The molecular formula is C52H78N22O7S2. The predicted octanol–water partition coefficient (Wildman–Crippen LogP) is 4.53. The summed E-state index contributed by atoms with van der Waals surface area (Å²) in [6.07, 6.45) is 15.7. The number of quaternary nitrogens is 5. The lowest BCUT2D eigenvalue weighted by atomic mass is 9.84. The number of nitrogens with zero attached hydrogens (tertiary/aromatic N) is 22. The van der Waals surface area contributed by atoms with Gasteiger partial charge in [-0.15, -0.1) is 20.4 Å². The molecule has 0 aromatic carbocycles. The Balaban J connectivity index is 0.000000104. The van der Waals surface area contributed by atoms with Gasteiger partial charge in [0.2, 0.25) is 11.8 Å². The molecule has 31 heteroatoms. The second-order valence-electron chi connectivity index (χ2n) is 24.9. The molecule has 6 aromatic rings. The van der Waals surface area contributed by atoms with Gasteiger partial charge in [0.05, 0.1) is 127 Å². The van der Waals surface area contributed by atoms with E-state index in [9.17, 15) is 26.0 Å². The molecule has 450 valence electrons. The van der Waals surface area contributed by atoms with Crippen LogP contribution in [0.1, 0.15) is 122 Å². The van der Waals surface area contributed by atoms with E-state index < -0.39 is 0 Å². The number of aryl methyl sites for hydroxylation is 4. The van der Waals surface area contributed by atoms with Crippen molar-refractivity contribution in [2.45, 2.75) is 103 Å². The molecule has 29 nitrogen and oxygen atoms in total. The summed E-state index contributed by atoms with van der Waals surface area (Å²) in [6.45, 7) is 19.4. The Labute approximate surface area is 490 Å². The van der Waals surface area contributed by atoms with Crippen molar-refractivity contribution in [3.05, 3.63) is 97.0 Å². The van der Waals surface area contributed by atoms with Crippen molar-refractivity contribution in [1.82, 2.24) is 83.1 Å². The van der Waals surface area contributed by atoms with Crippen LogP contribution in [0.25, 0.3) is 11.1 Å². The number of hydroxylamine groups is 15. The molecule has 6 aromatic heterocycles. The first-order valence-corrected chi connectivity index (χ1v) is 30.8. The van der Waals surface area contributed by atoms with Gasteiger partial charge in [0.1, 0.15) is 43.1 Å². The van der Waals surface area contributed by atoms with E-state index in [1.54, 1.807) is 22.8 Å². The summed E-state index contributed by atoms with van der Waals surface area (Å²) in [5.41, 5.74) is 4.27. The summed E-state index contributed by atoms with van der Waals surface area (Å²) in [4.78, 5) is 14.1.